The minimum absolute atomic E-state index is 1.20. The van der Waals surface area contributed by atoms with Crippen LogP contribution in [0, 0.1) is 0 Å². The summed E-state index contributed by atoms with van der Waals surface area (Å²) in [5, 5.41) is 0. The van der Waals surface area contributed by atoms with Crippen LogP contribution in [-0.4, -0.2) is 0 Å². The second-order valence-corrected chi connectivity index (χ2v) is 15.2. The van der Waals surface area contributed by atoms with Crippen LogP contribution in [-0.2, 0) is 25.7 Å². The van der Waals surface area contributed by atoms with Crippen LogP contribution in [0.25, 0.3) is 24.3 Å². The summed E-state index contributed by atoms with van der Waals surface area (Å²) < 4.78 is 0. The molecular formula is C48H76. The Kier molecular flexibility index (Phi) is 21.7. The second-order valence-electron chi connectivity index (χ2n) is 15.2. The van der Waals surface area contributed by atoms with Crippen LogP contribution < -0.4 is 0 Å². The molecule has 0 amide bonds. The van der Waals surface area contributed by atoms with E-state index in [9.17, 15) is 0 Å². The molecule has 0 heteroatoms. The Balaban J connectivity index is 1.90. The van der Waals surface area contributed by atoms with Gasteiger partial charge in [0.05, 0.1) is 0 Å². The molecule has 0 heterocycles. The highest BCUT2D eigenvalue weighted by Gasteiger charge is 2.13. The van der Waals surface area contributed by atoms with Gasteiger partial charge in [-0.25, -0.2) is 0 Å². The largest absolute Gasteiger partial charge is 0.0654 e. The van der Waals surface area contributed by atoms with Crippen molar-refractivity contribution >= 4 is 24.3 Å². The van der Waals surface area contributed by atoms with Crippen molar-refractivity contribution in [3.63, 3.8) is 0 Å². The summed E-state index contributed by atoms with van der Waals surface area (Å²) in [5.74, 6) is 0. The van der Waals surface area contributed by atoms with Gasteiger partial charge >= 0.3 is 0 Å². The lowest BCUT2D eigenvalue weighted by atomic mass is 9.88. The fraction of sp³-hybridized carbons (Fsp3) is 0.667. The third-order valence-corrected chi connectivity index (χ3v) is 10.9. The molecule has 4 bridgehead atoms. The third-order valence-electron chi connectivity index (χ3n) is 10.9. The van der Waals surface area contributed by atoms with Crippen LogP contribution in [0.5, 0.6) is 0 Å². The van der Waals surface area contributed by atoms with Crippen LogP contribution in [0.1, 0.15) is 226 Å². The van der Waals surface area contributed by atoms with E-state index in [4.69, 9.17) is 0 Å². The summed E-state index contributed by atoms with van der Waals surface area (Å²) in [6.45, 7) is 9.27. The van der Waals surface area contributed by atoms with E-state index < -0.39 is 0 Å². The molecule has 0 radical (unpaired) electrons. The van der Waals surface area contributed by atoms with E-state index in [1.54, 1.807) is 22.3 Å². The average Bonchev–Trinajstić information content (AvgIpc) is 3.09. The predicted molar refractivity (Wildman–Crippen MR) is 219 cm³/mol. The number of hydrogen-bond donors (Lipinski definition) is 0. The van der Waals surface area contributed by atoms with Gasteiger partial charge in [-0.3, -0.25) is 0 Å². The van der Waals surface area contributed by atoms with Crippen molar-refractivity contribution in [2.24, 2.45) is 0 Å². The van der Waals surface area contributed by atoms with E-state index in [1.807, 2.05) is 0 Å². The van der Waals surface area contributed by atoms with Crippen molar-refractivity contribution in [3.05, 3.63) is 68.8 Å². The minimum Gasteiger partial charge on any atom is -0.0654 e. The van der Waals surface area contributed by atoms with Crippen LogP contribution in [0.3, 0.4) is 0 Å². The summed E-state index contributed by atoms with van der Waals surface area (Å²) in [4.78, 5) is 0. The Morgan fingerprint density at radius 1 is 0.250 bits per heavy atom. The first-order valence-electron chi connectivity index (χ1n) is 21.4. The first-order chi connectivity index (χ1) is 23.7. The van der Waals surface area contributed by atoms with Crippen molar-refractivity contribution in [2.45, 2.75) is 207 Å². The molecule has 2 aromatic carbocycles. The summed E-state index contributed by atoms with van der Waals surface area (Å²) in [7, 11) is 0. The molecule has 0 fully saturated rings. The molecular weight excluding hydrogens is 577 g/mol. The predicted octanol–water partition coefficient (Wildman–Crippen LogP) is 16.0. The minimum atomic E-state index is 1.20. The highest BCUT2D eigenvalue weighted by atomic mass is 14.2. The molecule has 0 saturated carbocycles. The maximum Gasteiger partial charge on any atom is -0.0221 e. The smallest absolute Gasteiger partial charge is 0.0221 e. The molecule has 0 saturated heterocycles. The maximum absolute atomic E-state index is 2.59. The van der Waals surface area contributed by atoms with Gasteiger partial charge < -0.3 is 0 Å². The SMILES string of the molecule is CCCCCCCCc1cc2c(CCCCCCCC)cc1/C=C\c1cc(CCCCCCCC)c(cc1CCCCCCCC)/C=C\2. The molecule has 4 aliphatic carbocycles. The lowest BCUT2D eigenvalue weighted by molar-refractivity contribution is 0.605. The normalized spacial score (nSPS) is 13.6. The Morgan fingerprint density at radius 2 is 0.438 bits per heavy atom. The fourth-order valence-electron chi connectivity index (χ4n) is 7.68. The van der Waals surface area contributed by atoms with E-state index in [2.05, 4.69) is 76.3 Å². The molecule has 0 aliphatic heterocycles. The first kappa shape index (κ1) is 40.4. The highest BCUT2D eigenvalue weighted by molar-refractivity contribution is 5.80. The molecule has 268 valence electrons. The average molecular weight is 653 g/mol. The molecule has 6 rings (SSSR count). The number of rotatable bonds is 28. The zero-order chi connectivity index (χ0) is 34.1. The quantitative estimate of drug-likeness (QED) is 0.0685. The van der Waals surface area contributed by atoms with Gasteiger partial charge in [0.25, 0.3) is 0 Å². The lowest BCUT2D eigenvalue weighted by Crippen LogP contribution is -2.01. The van der Waals surface area contributed by atoms with E-state index in [0.29, 0.717) is 0 Å². The first-order valence-corrected chi connectivity index (χ1v) is 21.4. The fourth-order valence-corrected chi connectivity index (χ4v) is 7.68. The molecule has 2 aromatic rings. The molecule has 0 N–H and O–H groups in total. The number of benzene rings is 2. The van der Waals surface area contributed by atoms with E-state index in [1.165, 1.54) is 202 Å². The zero-order valence-corrected chi connectivity index (χ0v) is 32.4. The monoisotopic (exact) mass is 653 g/mol. The van der Waals surface area contributed by atoms with Crippen LogP contribution in [0.4, 0.5) is 0 Å². The molecule has 0 unspecified atom stereocenters. The topological polar surface area (TPSA) is 0 Å². The van der Waals surface area contributed by atoms with Crippen LogP contribution in [0.15, 0.2) is 24.3 Å². The van der Waals surface area contributed by atoms with Gasteiger partial charge in [0.1, 0.15) is 0 Å². The Labute approximate surface area is 299 Å². The highest BCUT2D eigenvalue weighted by Crippen LogP contribution is 2.30. The molecule has 0 nitrogen and oxygen atoms in total. The van der Waals surface area contributed by atoms with Gasteiger partial charge in [0.15, 0.2) is 0 Å². The van der Waals surface area contributed by atoms with Crippen molar-refractivity contribution in [2.75, 3.05) is 0 Å². The molecule has 4 aliphatic rings. The van der Waals surface area contributed by atoms with Gasteiger partial charge in [-0.15, -0.1) is 0 Å². The third kappa shape index (κ3) is 15.6. The molecule has 0 atom stereocenters. The number of hydrogen-bond acceptors (Lipinski definition) is 0. The summed E-state index contributed by atoms with van der Waals surface area (Å²) >= 11 is 0. The second kappa shape index (κ2) is 25.8. The molecule has 0 aromatic heterocycles. The number of unbranched alkanes of at least 4 members (excludes halogenated alkanes) is 20. The standard InChI is InChI=1S/C48H76/c1-5-9-13-17-21-25-29-41-37-46-35-36-48-40-43(31-27-23-19-15-11-7-3)47(39-44(48)32-28-24-20-16-12-8-4)34-33-45(41)38-42(46)30-26-22-18-14-10-6-2/h33-40H,5-32H2,1-4H3/b34-33-,36-35-,45-33?,46-35?,47-34?,48-36?. The van der Waals surface area contributed by atoms with Crippen LogP contribution in [0.2, 0.25) is 0 Å². The van der Waals surface area contributed by atoms with Gasteiger partial charge in [0.2, 0.25) is 0 Å². The van der Waals surface area contributed by atoms with E-state index in [0.717, 1.165) is 0 Å². The van der Waals surface area contributed by atoms with Gasteiger partial charge in [-0.2, -0.15) is 0 Å². The van der Waals surface area contributed by atoms with Crippen molar-refractivity contribution in [3.8, 4) is 0 Å². The molecule has 48 heavy (non-hydrogen) atoms. The van der Waals surface area contributed by atoms with Crippen molar-refractivity contribution in [1.82, 2.24) is 0 Å². The Hall–Kier alpha value is -2.08. The van der Waals surface area contributed by atoms with Gasteiger partial charge in [-0.1, -0.05) is 205 Å². The van der Waals surface area contributed by atoms with Gasteiger partial charge in [0, 0.05) is 0 Å². The van der Waals surface area contributed by atoms with E-state index in [-0.39, 0.29) is 0 Å². The van der Waals surface area contributed by atoms with Crippen molar-refractivity contribution < 1.29 is 0 Å². The van der Waals surface area contributed by atoms with Crippen LogP contribution >= 0.6 is 0 Å². The maximum atomic E-state index is 2.59. The summed E-state index contributed by atoms with van der Waals surface area (Å²) in [6.07, 6.45) is 47.5. The summed E-state index contributed by atoms with van der Waals surface area (Å²) in [6, 6.07) is 10.4. The zero-order valence-electron chi connectivity index (χ0n) is 32.4. The van der Waals surface area contributed by atoms with E-state index >= 15 is 0 Å². The lowest BCUT2D eigenvalue weighted by Gasteiger charge is -2.17. The van der Waals surface area contributed by atoms with Crippen molar-refractivity contribution in [1.29, 1.82) is 0 Å². The number of aryl methyl sites for hydroxylation is 4. The summed E-state index contributed by atoms with van der Waals surface area (Å²) in [5.41, 5.74) is 12.2. The Bertz CT molecular complexity index is 992. The Morgan fingerprint density at radius 3 is 0.646 bits per heavy atom. The molecule has 0 spiro atoms. The van der Waals surface area contributed by atoms with Gasteiger partial charge in [-0.05, 0) is 95.9 Å².